The lowest BCUT2D eigenvalue weighted by molar-refractivity contribution is -0.0495. The summed E-state index contributed by atoms with van der Waals surface area (Å²) in [6, 6.07) is 3.20. The number of carbonyl (C=O) groups excluding carboxylic acids is 1. The van der Waals surface area contributed by atoms with Gasteiger partial charge in [0, 0.05) is 25.1 Å². The molecule has 7 nitrogen and oxygen atoms in total. The second kappa shape index (κ2) is 8.96. The summed E-state index contributed by atoms with van der Waals surface area (Å²) in [7, 11) is 0. The molecule has 32 heavy (non-hydrogen) atoms. The Kier molecular flexibility index (Phi) is 6.26. The number of nitrogens with one attached hydrogen (secondary N) is 1. The maximum atomic E-state index is 13.8. The fraction of sp³-hybridized carbons (Fsp3) is 0.565. The zero-order valence-electron chi connectivity index (χ0n) is 18.8. The Balaban J connectivity index is 1.65. The van der Waals surface area contributed by atoms with E-state index < -0.39 is 12.0 Å². The molecule has 0 saturated heterocycles. The third-order valence-electron chi connectivity index (χ3n) is 6.16. The maximum Gasteiger partial charge on any atom is 0.270 e. The molecule has 0 aromatic carbocycles. The van der Waals surface area contributed by atoms with Crippen LogP contribution in [0.15, 0.2) is 30.7 Å². The van der Waals surface area contributed by atoms with Crippen molar-refractivity contribution in [2.45, 2.75) is 77.3 Å². The molecule has 0 unspecified atom stereocenters. The maximum absolute atomic E-state index is 13.8. The predicted molar refractivity (Wildman–Crippen MR) is 117 cm³/mol. The minimum atomic E-state index is -2.64. The Bertz CT molecular complexity index is 1080. The number of aromatic nitrogens is 5. The fourth-order valence-corrected chi connectivity index (χ4v) is 4.46. The Morgan fingerprint density at radius 2 is 2.03 bits per heavy atom. The Hall–Kier alpha value is -2.84. The normalized spacial score (nSPS) is 17.7. The monoisotopic (exact) mass is 444 g/mol. The summed E-state index contributed by atoms with van der Waals surface area (Å²) in [5.41, 5.74) is 2.87. The molecule has 0 aliphatic heterocycles. The van der Waals surface area contributed by atoms with Crippen LogP contribution in [0.5, 0.6) is 0 Å². The van der Waals surface area contributed by atoms with E-state index in [2.05, 4.69) is 22.4 Å². The second-order valence-electron chi connectivity index (χ2n) is 8.98. The summed E-state index contributed by atoms with van der Waals surface area (Å²) < 4.78 is 31.0. The van der Waals surface area contributed by atoms with Gasteiger partial charge in [0.1, 0.15) is 5.69 Å². The first-order valence-corrected chi connectivity index (χ1v) is 11.3. The van der Waals surface area contributed by atoms with Gasteiger partial charge in [-0.1, -0.05) is 13.3 Å². The fourth-order valence-electron chi connectivity index (χ4n) is 4.46. The molecule has 1 fully saturated rings. The van der Waals surface area contributed by atoms with Crippen LogP contribution < -0.4 is 5.32 Å². The van der Waals surface area contributed by atoms with Crippen molar-refractivity contribution in [2.75, 3.05) is 0 Å². The van der Waals surface area contributed by atoms with Gasteiger partial charge in [0.15, 0.2) is 5.65 Å². The van der Waals surface area contributed by atoms with Crippen LogP contribution in [0.25, 0.3) is 5.65 Å². The van der Waals surface area contributed by atoms with Crippen LogP contribution in [-0.2, 0) is 6.42 Å². The Labute approximate surface area is 186 Å². The summed E-state index contributed by atoms with van der Waals surface area (Å²) in [5.74, 6) is -3.05. The summed E-state index contributed by atoms with van der Waals surface area (Å²) in [5, 5.41) is 11.8. The van der Waals surface area contributed by atoms with Crippen molar-refractivity contribution < 1.29 is 13.6 Å². The molecule has 0 radical (unpaired) electrons. The zero-order chi connectivity index (χ0) is 22.9. The van der Waals surface area contributed by atoms with Crippen LogP contribution in [0, 0.1) is 5.92 Å². The van der Waals surface area contributed by atoms with E-state index in [1.807, 2.05) is 26.1 Å². The molecule has 4 rings (SSSR count). The summed E-state index contributed by atoms with van der Waals surface area (Å²) in [6.45, 7) is 6.01. The third kappa shape index (κ3) is 4.66. The van der Waals surface area contributed by atoms with E-state index in [9.17, 15) is 13.6 Å². The summed E-state index contributed by atoms with van der Waals surface area (Å²) >= 11 is 0. The molecular formula is C23H30F2N6O. The molecule has 1 atom stereocenters. The van der Waals surface area contributed by atoms with Crippen molar-refractivity contribution in [3.8, 4) is 0 Å². The summed E-state index contributed by atoms with van der Waals surface area (Å²) in [4.78, 5) is 17.9. The van der Waals surface area contributed by atoms with E-state index in [1.165, 1.54) is 0 Å². The number of alkyl halides is 2. The van der Waals surface area contributed by atoms with Crippen molar-refractivity contribution in [1.82, 2.24) is 29.7 Å². The van der Waals surface area contributed by atoms with Gasteiger partial charge in [-0.05, 0) is 56.7 Å². The average Bonchev–Trinajstić information content (AvgIpc) is 3.39. The molecule has 3 heterocycles. The van der Waals surface area contributed by atoms with E-state index in [1.54, 1.807) is 27.7 Å². The molecule has 172 valence electrons. The molecule has 1 aliphatic rings. The number of carbonyl (C=O) groups is 1. The standard InChI is InChI=1S/C23H30F2N6O/c1-4-5-16-12-20-28-18(14-30(20)27-13-16)21(17-6-9-23(24,25)10-7-17)29-22(32)19-8-11-26-31(19)15(2)3/h8,11-15,17,21H,4-7,9-10H2,1-3H3,(H,29,32)/t21-/m0/s1. The van der Waals surface area contributed by atoms with E-state index in [-0.39, 0.29) is 30.7 Å². The number of hydrogen-bond donors (Lipinski definition) is 1. The number of nitrogens with zero attached hydrogens (tertiary/aromatic N) is 5. The van der Waals surface area contributed by atoms with Crippen LogP contribution in [0.2, 0.25) is 0 Å². The van der Waals surface area contributed by atoms with Crippen LogP contribution in [0.4, 0.5) is 8.78 Å². The van der Waals surface area contributed by atoms with E-state index in [4.69, 9.17) is 4.98 Å². The highest BCUT2D eigenvalue weighted by molar-refractivity contribution is 5.92. The van der Waals surface area contributed by atoms with Crippen LogP contribution >= 0.6 is 0 Å². The Morgan fingerprint density at radius 3 is 2.72 bits per heavy atom. The van der Waals surface area contributed by atoms with Gasteiger partial charge in [-0.2, -0.15) is 10.2 Å². The molecule has 1 aliphatic carbocycles. The van der Waals surface area contributed by atoms with Crippen molar-refractivity contribution >= 4 is 11.6 Å². The largest absolute Gasteiger partial charge is 0.342 e. The van der Waals surface area contributed by atoms with Crippen LogP contribution in [0.3, 0.4) is 0 Å². The van der Waals surface area contributed by atoms with Crippen molar-refractivity contribution in [3.63, 3.8) is 0 Å². The number of hydrogen-bond acceptors (Lipinski definition) is 4. The molecule has 1 amide bonds. The van der Waals surface area contributed by atoms with Crippen LogP contribution in [0.1, 0.15) is 86.7 Å². The molecule has 3 aromatic rings. The minimum absolute atomic E-state index is 0.0222. The van der Waals surface area contributed by atoms with Crippen LogP contribution in [-0.4, -0.2) is 36.2 Å². The molecule has 1 saturated carbocycles. The topological polar surface area (TPSA) is 77.1 Å². The van der Waals surface area contributed by atoms with Crippen molar-refractivity contribution in [1.29, 1.82) is 0 Å². The number of aryl methyl sites for hydroxylation is 1. The average molecular weight is 445 g/mol. The van der Waals surface area contributed by atoms with E-state index >= 15 is 0 Å². The highest BCUT2D eigenvalue weighted by Crippen LogP contribution is 2.41. The SMILES string of the molecule is CCCc1cnn2cc([C@@H](NC(=O)c3ccnn3C(C)C)C3CCC(F)(F)CC3)nc2c1. The first kappa shape index (κ1) is 22.4. The predicted octanol–water partition coefficient (Wildman–Crippen LogP) is 4.76. The molecule has 1 N–H and O–H groups in total. The second-order valence-corrected chi connectivity index (χ2v) is 8.98. The van der Waals surface area contributed by atoms with Gasteiger partial charge < -0.3 is 5.32 Å². The third-order valence-corrected chi connectivity index (χ3v) is 6.16. The van der Waals surface area contributed by atoms with Gasteiger partial charge in [-0.3, -0.25) is 9.48 Å². The van der Waals surface area contributed by atoms with Gasteiger partial charge in [0.2, 0.25) is 5.92 Å². The Morgan fingerprint density at radius 1 is 1.28 bits per heavy atom. The number of halogens is 2. The number of fused-ring (bicyclic) bond motifs is 1. The lowest BCUT2D eigenvalue weighted by Crippen LogP contribution is -2.38. The lowest BCUT2D eigenvalue weighted by Gasteiger charge is -2.33. The smallest absolute Gasteiger partial charge is 0.270 e. The lowest BCUT2D eigenvalue weighted by atomic mass is 9.81. The quantitative estimate of drug-likeness (QED) is 0.570. The molecule has 0 spiro atoms. The molecule has 0 bridgehead atoms. The van der Waals surface area contributed by atoms with Gasteiger partial charge in [-0.15, -0.1) is 0 Å². The van der Waals surface area contributed by atoms with Gasteiger partial charge in [-0.25, -0.2) is 18.3 Å². The molecule has 9 heteroatoms. The molecule has 3 aromatic heterocycles. The van der Waals surface area contributed by atoms with Gasteiger partial charge >= 0.3 is 0 Å². The van der Waals surface area contributed by atoms with Gasteiger partial charge in [0.05, 0.1) is 24.1 Å². The first-order chi connectivity index (χ1) is 15.3. The van der Waals surface area contributed by atoms with Crippen molar-refractivity contribution in [2.24, 2.45) is 5.92 Å². The van der Waals surface area contributed by atoms with E-state index in [0.717, 1.165) is 18.4 Å². The highest BCUT2D eigenvalue weighted by atomic mass is 19.3. The van der Waals surface area contributed by atoms with Crippen molar-refractivity contribution in [3.05, 3.63) is 47.7 Å². The van der Waals surface area contributed by atoms with E-state index in [0.29, 0.717) is 29.9 Å². The zero-order valence-corrected chi connectivity index (χ0v) is 18.8. The molecular weight excluding hydrogens is 414 g/mol. The summed E-state index contributed by atoms with van der Waals surface area (Å²) in [6.07, 6.45) is 7.40. The first-order valence-electron chi connectivity index (χ1n) is 11.3. The minimum Gasteiger partial charge on any atom is -0.342 e. The van der Waals surface area contributed by atoms with Gasteiger partial charge in [0.25, 0.3) is 5.91 Å². The number of imidazole rings is 1. The number of amides is 1. The number of rotatable bonds is 7. The highest BCUT2D eigenvalue weighted by Gasteiger charge is 2.39.